The van der Waals surface area contributed by atoms with E-state index in [1.807, 2.05) is 11.8 Å². The lowest BCUT2D eigenvalue weighted by Crippen LogP contribution is -2.27. The molecular formula is C8H15NO. The number of hydrogen-bond acceptors (Lipinski definition) is 1. The fourth-order valence-electron chi connectivity index (χ4n) is 1.39. The lowest BCUT2D eigenvalue weighted by atomic mass is 10.1. The molecule has 0 spiro atoms. The van der Waals surface area contributed by atoms with Crippen molar-refractivity contribution in [2.75, 3.05) is 13.1 Å². The summed E-state index contributed by atoms with van der Waals surface area (Å²) in [7, 11) is 0. The zero-order valence-electron chi connectivity index (χ0n) is 6.76. The second kappa shape index (κ2) is 3.04. The van der Waals surface area contributed by atoms with Gasteiger partial charge in [-0.25, -0.2) is 0 Å². The second-order valence-electron chi connectivity index (χ2n) is 3.02. The van der Waals surface area contributed by atoms with E-state index in [0.717, 1.165) is 25.9 Å². The topological polar surface area (TPSA) is 20.3 Å². The summed E-state index contributed by atoms with van der Waals surface area (Å²) in [6.45, 7) is 6.05. The zero-order valence-corrected chi connectivity index (χ0v) is 6.76. The van der Waals surface area contributed by atoms with Gasteiger partial charge in [-0.15, -0.1) is 0 Å². The van der Waals surface area contributed by atoms with Crippen LogP contribution in [-0.4, -0.2) is 23.9 Å². The molecule has 1 unspecified atom stereocenters. The van der Waals surface area contributed by atoms with E-state index < -0.39 is 0 Å². The summed E-state index contributed by atoms with van der Waals surface area (Å²) in [4.78, 5) is 13.2. The van der Waals surface area contributed by atoms with Gasteiger partial charge in [0.05, 0.1) is 0 Å². The number of carbonyl (C=O) groups excluding carboxylic acids is 1. The molecule has 0 aromatic carbocycles. The van der Waals surface area contributed by atoms with Crippen LogP contribution in [0, 0.1) is 5.92 Å². The Bertz CT molecular complexity index is 131. The van der Waals surface area contributed by atoms with E-state index in [-0.39, 0.29) is 5.92 Å². The van der Waals surface area contributed by atoms with Gasteiger partial charge in [-0.05, 0) is 12.8 Å². The lowest BCUT2D eigenvalue weighted by Gasteiger charge is -2.13. The largest absolute Gasteiger partial charge is 0.342 e. The third-order valence-corrected chi connectivity index (χ3v) is 2.06. The third-order valence-electron chi connectivity index (χ3n) is 2.06. The van der Waals surface area contributed by atoms with Gasteiger partial charge < -0.3 is 4.90 Å². The van der Waals surface area contributed by atoms with Gasteiger partial charge >= 0.3 is 0 Å². The van der Waals surface area contributed by atoms with E-state index in [1.54, 1.807) is 0 Å². The molecule has 1 heterocycles. The number of rotatable bonds is 2. The number of amides is 1. The average molecular weight is 141 g/mol. The van der Waals surface area contributed by atoms with Crippen molar-refractivity contribution in [2.45, 2.75) is 26.7 Å². The fourth-order valence-corrected chi connectivity index (χ4v) is 1.39. The van der Waals surface area contributed by atoms with Crippen LogP contribution in [0.5, 0.6) is 0 Å². The van der Waals surface area contributed by atoms with Crippen LogP contribution in [-0.2, 0) is 4.79 Å². The minimum absolute atomic E-state index is 0.284. The van der Waals surface area contributed by atoms with Gasteiger partial charge in [-0.1, -0.05) is 13.8 Å². The Labute approximate surface area is 62.2 Å². The third kappa shape index (κ3) is 1.31. The predicted molar refractivity (Wildman–Crippen MR) is 40.7 cm³/mol. The van der Waals surface area contributed by atoms with Crippen LogP contribution < -0.4 is 0 Å². The van der Waals surface area contributed by atoms with Gasteiger partial charge in [-0.3, -0.25) is 4.79 Å². The van der Waals surface area contributed by atoms with E-state index in [2.05, 4.69) is 6.92 Å². The second-order valence-corrected chi connectivity index (χ2v) is 3.02. The van der Waals surface area contributed by atoms with Crippen molar-refractivity contribution in [3.8, 4) is 0 Å². The van der Waals surface area contributed by atoms with E-state index >= 15 is 0 Å². The first-order chi connectivity index (χ1) is 4.75. The molecule has 1 aliphatic rings. The first-order valence-electron chi connectivity index (χ1n) is 4.04. The Morgan fingerprint density at radius 2 is 2.40 bits per heavy atom. The molecule has 2 heteroatoms. The molecule has 0 aromatic heterocycles. The summed E-state index contributed by atoms with van der Waals surface area (Å²) in [5.74, 6) is 0.633. The van der Waals surface area contributed by atoms with Gasteiger partial charge in [-0.2, -0.15) is 0 Å². The Balaban J connectivity index is 2.41. The standard InChI is InChI=1S/C8H15NO/c1-3-5-9-6-4-7(2)8(9)10/h7H,3-6H2,1-2H3. The maximum Gasteiger partial charge on any atom is 0.225 e. The Hall–Kier alpha value is -0.530. The Kier molecular flexibility index (Phi) is 2.30. The van der Waals surface area contributed by atoms with Crippen LogP contribution in [0.25, 0.3) is 0 Å². The average Bonchev–Trinajstić information content (AvgIpc) is 2.20. The Morgan fingerprint density at radius 3 is 2.80 bits per heavy atom. The summed E-state index contributed by atoms with van der Waals surface area (Å²) in [5.41, 5.74) is 0. The molecule has 1 saturated heterocycles. The van der Waals surface area contributed by atoms with Gasteiger partial charge in [0.2, 0.25) is 5.91 Å². The summed E-state index contributed by atoms with van der Waals surface area (Å²) in [5, 5.41) is 0. The molecule has 0 saturated carbocycles. The van der Waals surface area contributed by atoms with Crippen molar-refractivity contribution in [3.05, 3.63) is 0 Å². The minimum Gasteiger partial charge on any atom is -0.342 e. The van der Waals surface area contributed by atoms with E-state index in [0.29, 0.717) is 5.91 Å². The molecule has 0 aliphatic carbocycles. The van der Waals surface area contributed by atoms with Crippen LogP contribution in [0.2, 0.25) is 0 Å². The molecule has 1 amide bonds. The minimum atomic E-state index is 0.284. The highest BCUT2D eigenvalue weighted by molar-refractivity contribution is 5.80. The molecule has 58 valence electrons. The highest BCUT2D eigenvalue weighted by Gasteiger charge is 2.26. The van der Waals surface area contributed by atoms with E-state index in [1.165, 1.54) is 0 Å². The van der Waals surface area contributed by atoms with Crippen molar-refractivity contribution in [1.82, 2.24) is 4.90 Å². The maximum atomic E-state index is 11.2. The highest BCUT2D eigenvalue weighted by Crippen LogP contribution is 2.16. The van der Waals surface area contributed by atoms with Gasteiger partial charge in [0.15, 0.2) is 0 Å². The van der Waals surface area contributed by atoms with Crippen LogP contribution >= 0.6 is 0 Å². The van der Waals surface area contributed by atoms with Crippen LogP contribution in [0.15, 0.2) is 0 Å². The molecule has 0 aromatic rings. The van der Waals surface area contributed by atoms with Crippen molar-refractivity contribution in [1.29, 1.82) is 0 Å². The summed E-state index contributed by atoms with van der Waals surface area (Å²) in [6.07, 6.45) is 2.14. The monoisotopic (exact) mass is 141 g/mol. The van der Waals surface area contributed by atoms with E-state index in [4.69, 9.17) is 0 Å². The first kappa shape index (κ1) is 7.58. The zero-order chi connectivity index (χ0) is 7.56. The molecule has 1 rings (SSSR count). The number of nitrogens with zero attached hydrogens (tertiary/aromatic N) is 1. The molecule has 1 fully saturated rings. The molecule has 0 N–H and O–H groups in total. The number of carbonyl (C=O) groups is 1. The highest BCUT2D eigenvalue weighted by atomic mass is 16.2. The van der Waals surface area contributed by atoms with Crippen LogP contribution in [0.3, 0.4) is 0 Å². The van der Waals surface area contributed by atoms with Crippen molar-refractivity contribution in [2.24, 2.45) is 5.92 Å². The van der Waals surface area contributed by atoms with Gasteiger partial charge in [0.25, 0.3) is 0 Å². The van der Waals surface area contributed by atoms with Crippen molar-refractivity contribution in [3.63, 3.8) is 0 Å². The summed E-state index contributed by atoms with van der Waals surface area (Å²) >= 11 is 0. The normalized spacial score (nSPS) is 26.0. The van der Waals surface area contributed by atoms with Gasteiger partial charge in [0.1, 0.15) is 0 Å². The van der Waals surface area contributed by atoms with Crippen molar-refractivity contribution >= 4 is 5.91 Å². The first-order valence-corrected chi connectivity index (χ1v) is 4.04. The quantitative estimate of drug-likeness (QED) is 0.567. The summed E-state index contributed by atoms with van der Waals surface area (Å²) in [6, 6.07) is 0. The molecule has 1 atom stereocenters. The molecular weight excluding hydrogens is 126 g/mol. The number of hydrogen-bond donors (Lipinski definition) is 0. The van der Waals surface area contributed by atoms with Crippen molar-refractivity contribution < 1.29 is 4.79 Å². The maximum absolute atomic E-state index is 11.2. The van der Waals surface area contributed by atoms with E-state index in [9.17, 15) is 4.79 Å². The molecule has 2 nitrogen and oxygen atoms in total. The SMILES string of the molecule is CCCN1CCC(C)C1=O. The Morgan fingerprint density at radius 1 is 1.70 bits per heavy atom. The summed E-state index contributed by atoms with van der Waals surface area (Å²) < 4.78 is 0. The van der Waals surface area contributed by atoms with Crippen LogP contribution in [0.1, 0.15) is 26.7 Å². The number of likely N-dealkylation sites (tertiary alicyclic amines) is 1. The molecule has 1 aliphatic heterocycles. The molecule has 10 heavy (non-hydrogen) atoms. The van der Waals surface area contributed by atoms with Gasteiger partial charge in [0, 0.05) is 19.0 Å². The predicted octanol–water partition coefficient (Wildman–Crippen LogP) is 1.26. The molecule has 0 radical (unpaired) electrons. The molecule has 0 bridgehead atoms. The smallest absolute Gasteiger partial charge is 0.225 e. The lowest BCUT2D eigenvalue weighted by molar-refractivity contribution is -0.130. The van der Waals surface area contributed by atoms with Crippen LogP contribution in [0.4, 0.5) is 0 Å². The fraction of sp³-hybridized carbons (Fsp3) is 0.875.